The third kappa shape index (κ3) is 18.1. The predicted octanol–water partition coefficient (Wildman–Crippen LogP) is 10.9. The van der Waals surface area contributed by atoms with Gasteiger partial charge in [-0.2, -0.15) is 0 Å². The quantitative estimate of drug-likeness (QED) is 0.151. The van der Waals surface area contributed by atoms with E-state index in [0.29, 0.717) is 0 Å². The van der Waals surface area contributed by atoms with Gasteiger partial charge in [-0.1, -0.05) is 169 Å². The van der Waals surface area contributed by atoms with Crippen LogP contribution in [0.3, 0.4) is 0 Å². The highest BCUT2D eigenvalue weighted by Crippen LogP contribution is 2.32. The molecule has 0 rings (SSSR count). The average Bonchev–Trinajstić information content (AvgIpc) is 2.71. The van der Waals surface area contributed by atoms with E-state index in [1.807, 2.05) is 0 Å². The molecule has 1 atom stereocenters. The monoisotopic (exact) mass is 394 g/mol. The van der Waals surface area contributed by atoms with Gasteiger partial charge in [0.05, 0.1) is 0 Å². The molecule has 0 aliphatic heterocycles. The van der Waals surface area contributed by atoms with Gasteiger partial charge in [-0.05, 0) is 11.8 Å². The van der Waals surface area contributed by atoms with Crippen LogP contribution >= 0.6 is 0 Å². The number of rotatable bonds is 23. The minimum absolute atomic E-state index is 1.01. The molecule has 0 aliphatic rings. The molecule has 28 heavy (non-hydrogen) atoms. The van der Waals surface area contributed by atoms with Crippen molar-refractivity contribution in [2.24, 2.45) is 11.8 Å². The first kappa shape index (κ1) is 28.0. The Morgan fingerprint density at radius 3 is 0.929 bits per heavy atom. The summed E-state index contributed by atoms with van der Waals surface area (Å²) in [7, 11) is 0. The van der Waals surface area contributed by atoms with Crippen LogP contribution in [0.5, 0.6) is 0 Å². The Bertz CT molecular complexity index is 253. The number of hydrogen-bond donors (Lipinski definition) is 0. The highest BCUT2D eigenvalue weighted by molar-refractivity contribution is 4.71. The molecular weight excluding hydrogens is 336 g/mol. The predicted molar refractivity (Wildman–Crippen MR) is 131 cm³/mol. The molecule has 0 aromatic carbocycles. The van der Waals surface area contributed by atoms with Gasteiger partial charge >= 0.3 is 0 Å². The second kappa shape index (κ2) is 23.3. The average molecular weight is 395 g/mol. The van der Waals surface area contributed by atoms with E-state index >= 15 is 0 Å². The summed E-state index contributed by atoms with van der Waals surface area (Å²) in [5, 5.41) is 0. The summed E-state index contributed by atoms with van der Waals surface area (Å²) in [6.45, 7) is 9.44. The molecule has 0 radical (unpaired) electrons. The Kier molecular flexibility index (Phi) is 23.3. The van der Waals surface area contributed by atoms with Crippen LogP contribution in [0, 0.1) is 11.8 Å². The van der Waals surface area contributed by atoms with Gasteiger partial charge in [-0.15, -0.1) is 0 Å². The van der Waals surface area contributed by atoms with Crippen molar-refractivity contribution < 1.29 is 0 Å². The van der Waals surface area contributed by atoms with Crippen molar-refractivity contribution in [2.45, 2.75) is 169 Å². The summed E-state index contributed by atoms with van der Waals surface area (Å²) in [6.07, 6.45) is 32.2. The second-order valence-electron chi connectivity index (χ2n) is 9.60. The summed E-state index contributed by atoms with van der Waals surface area (Å²) in [5.74, 6) is 2.04. The van der Waals surface area contributed by atoms with Crippen LogP contribution in [0.2, 0.25) is 0 Å². The van der Waals surface area contributed by atoms with Crippen molar-refractivity contribution in [2.75, 3.05) is 0 Å². The lowest BCUT2D eigenvalue weighted by atomic mass is 9.79. The maximum absolute atomic E-state index is 2.47. The van der Waals surface area contributed by atoms with Crippen LogP contribution in [0.4, 0.5) is 0 Å². The molecule has 0 heterocycles. The number of hydrogen-bond acceptors (Lipinski definition) is 0. The molecule has 0 N–H and O–H groups in total. The first-order valence-corrected chi connectivity index (χ1v) is 13.8. The standard InChI is InChI=1S/C28H58/c1-5-9-12-15-18-21-24-27(8-4)28(25-22-19-16-13-10-6-2)26-23-20-17-14-11-7-3/h27-28H,5-26H2,1-4H3. The molecule has 0 fully saturated rings. The molecular formula is C28H58. The SMILES string of the molecule is CCCCCCCCC(CC)C(CCCCCCCC)CCCCCCCC. The maximum atomic E-state index is 2.47. The van der Waals surface area contributed by atoms with Gasteiger partial charge in [0.25, 0.3) is 0 Å². The van der Waals surface area contributed by atoms with Crippen molar-refractivity contribution in [1.29, 1.82) is 0 Å². The van der Waals surface area contributed by atoms with E-state index < -0.39 is 0 Å². The topological polar surface area (TPSA) is 0 Å². The summed E-state index contributed by atoms with van der Waals surface area (Å²) < 4.78 is 0. The number of unbranched alkanes of at least 4 members (excludes halogenated alkanes) is 15. The molecule has 0 aliphatic carbocycles. The van der Waals surface area contributed by atoms with Gasteiger partial charge in [-0.3, -0.25) is 0 Å². The second-order valence-corrected chi connectivity index (χ2v) is 9.60. The zero-order chi connectivity index (χ0) is 20.7. The van der Waals surface area contributed by atoms with E-state index in [2.05, 4.69) is 27.7 Å². The van der Waals surface area contributed by atoms with Gasteiger partial charge in [0.2, 0.25) is 0 Å². The molecule has 0 nitrogen and oxygen atoms in total. The maximum Gasteiger partial charge on any atom is -0.0386 e. The molecule has 0 saturated heterocycles. The Morgan fingerprint density at radius 2 is 0.607 bits per heavy atom. The normalized spacial score (nSPS) is 12.8. The van der Waals surface area contributed by atoms with Crippen LogP contribution in [0.1, 0.15) is 169 Å². The highest BCUT2D eigenvalue weighted by atomic mass is 14.2. The minimum Gasteiger partial charge on any atom is -0.0654 e. The van der Waals surface area contributed by atoms with E-state index in [1.165, 1.54) is 141 Å². The first-order valence-electron chi connectivity index (χ1n) is 13.8. The van der Waals surface area contributed by atoms with E-state index in [-0.39, 0.29) is 0 Å². The van der Waals surface area contributed by atoms with Crippen molar-refractivity contribution in [3.05, 3.63) is 0 Å². The van der Waals surface area contributed by atoms with E-state index in [0.717, 1.165) is 11.8 Å². The van der Waals surface area contributed by atoms with Gasteiger partial charge < -0.3 is 0 Å². The largest absolute Gasteiger partial charge is 0.0654 e. The Labute approximate surface area is 181 Å². The minimum atomic E-state index is 1.01. The summed E-state index contributed by atoms with van der Waals surface area (Å²) in [4.78, 5) is 0. The summed E-state index contributed by atoms with van der Waals surface area (Å²) in [6, 6.07) is 0. The molecule has 0 spiro atoms. The fourth-order valence-electron chi connectivity index (χ4n) is 4.95. The van der Waals surface area contributed by atoms with E-state index in [1.54, 1.807) is 0 Å². The van der Waals surface area contributed by atoms with Gasteiger partial charge in [0, 0.05) is 0 Å². The van der Waals surface area contributed by atoms with Crippen molar-refractivity contribution in [3.63, 3.8) is 0 Å². The zero-order valence-electron chi connectivity index (χ0n) is 20.7. The van der Waals surface area contributed by atoms with Crippen LogP contribution in [0.15, 0.2) is 0 Å². The lowest BCUT2D eigenvalue weighted by Gasteiger charge is -2.27. The van der Waals surface area contributed by atoms with Crippen molar-refractivity contribution >= 4 is 0 Å². The Balaban J connectivity index is 4.19. The Hall–Kier alpha value is 0. The van der Waals surface area contributed by atoms with Crippen molar-refractivity contribution in [3.8, 4) is 0 Å². The van der Waals surface area contributed by atoms with Gasteiger partial charge in [-0.25, -0.2) is 0 Å². The van der Waals surface area contributed by atoms with Crippen LogP contribution in [0.25, 0.3) is 0 Å². The molecule has 0 aromatic heterocycles. The molecule has 0 aromatic rings. The molecule has 0 bridgehead atoms. The van der Waals surface area contributed by atoms with Gasteiger partial charge in [0.15, 0.2) is 0 Å². The highest BCUT2D eigenvalue weighted by Gasteiger charge is 2.19. The molecule has 1 unspecified atom stereocenters. The summed E-state index contributed by atoms with van der Waals surface area (Å²) in [5.41, 5.74) is 0. The lowest BCUT2D eigenvalue weighted by molar-refractivity contribution is 0.249. The smallest absolute Gasteiger partial charge is 0.0386 e. The van der Waals surface area contributed by atoms with Crippen LogP contribution < -0.4 is 0 Å². The molecule has 0 heteroatoms. The lowest BCUT2D eigenvalue weighted by Crippen LogP contribution is -2.15. The zero-order valence-corrected chi connectivity index (χ0v) is 20.7. The fraction of sp³-hybridized carbons (Fsp3) is 1.00. The summed E-state index contributed by atoms with van der Waals surface area (Å²) >= 11 is 0. The van der Waals surface area contributed by atoms with Crippen molar-refractivity contribution in [1.82, 2.24) is 0 Å². The van der Waals surface area contributed by atoms with Crippen LogP contribution in [-0.2, 0) is 0 Å². The molecule has 0 amide bonds. The third-order valence-corrected chi connectivity index (χ3v) is 6.98. The third-order valence-electron chi connectivity index (χ3n) is 6.98. The molecule has 170 valence electrons. The Morgan fingerprint density at radius 1 is 0.321 bits per heavy atom. The fourth-order valence-corrected chi connectivity index (χ4v) is 4.95. The van der Waals surface area contributed by atoms with Crippen LogP contribution in [-0.4, -0.2) is 0 Å². The van der Waals surface area contributed by atoms with E-state index in [4.69, 9.17) is 0 Å². The van der Waals surface area contributed by atoms with Gasteiger partial charge in [0.1, 0.15) is 0 Å². The van der Waals surface area contributed by atoms with E-state index in [9.17, 15) is 0 Å². The first-order chi connectivity index (χ1) is 13.8. The molecule has 0 saturated carbocycles.